The van der Waals surface area contributed by atoms with Crippen molar-refractivity contribution < 1.29 is 4.79 Å². The van der Waals surface area contributed by atoms with Crippen LogP contribution in [0.15, 0.2) is 47.6 Å². The molecule has 3 aromatic rings. The lowest BCUT2D eigenvalue weighted by atomic mass is 10.0. The first-order valence-electron chi connectivity index (χ1n) is 7.35. The molecular weight excluding hydrogens is 359 g/mol. The van der Waals surface area contributed by atoms with E-state index in [0.29, 0.717) is 26.7 Å². The summed E-state index contributed by atoms with van der Waals surface area (Å²) >= 11 is 12.6. The number of aromatic nitrogens is 1. The monoisotopic (exact) mass is 372 g/mol. The quantitative estimate of drug-likeness (QED) is 0.526. The van der Waals surface area contributed by atoms with E-state index in [2.05, 4.69) is 9.98 Å². The summed E-state index contributed by atoms with van der Waals surface area (Å²) in [5.74, 6) is -0.834. The van der Waals surface area contributed by atoms with Crippen LogP contribution in [-0.4, -0.2) is 16.9 Å². The molecule has 1 amide bonds. The predicted molar refractivity (Wildman–Crippen MR) is 102 cm³/mol. The van der Waals surface area contributed by atoms with Gasteiger partial charge in [0.1, 0.15) is 0 Å². The van der Waals surface area contributed by atoms with Crippen molar-refractivity contribution in [3.05, 3.63) is 63.8 Å². The van der Waals surface area contributed by atoms with Crippen LogP contribution in [0.1, 0.15) is 15.9 Å². The maximum atomic E-state index is 12.1. The minimum absolute atomic E-state index is 0.295. The molecule has 7 heteroatoms. The first kappa shape index (κ1) is 17.2. The van der Waals surface area contributed by atoms with E-state index < -0.39 is 5.91 Å². The number of hydrogen-bond donors (Lipinski definition) is 2. The van der Waals surface area contributed by atoms with Gasteiger partial charge in [0.2, 0.25) is 0 Å². The van der Waals surface area contributed by atoms with Gasteiger partial charge < -0.3 is 11.5 Å². The molecule has 1 heterocycles. The molecule has 25 heavy (non-hydrogen) atoms. The van der Waals surface area contributed by atoms with Crippen LogP contribution >= 0.6 is 23.2 Å². The summed E-state index contributed by atoms with van der Waals surface area (Å²) in [6, 6.07) is 10.7. The highest BCUT2D eigenvalue weighted by molar-refractivity contribution is 6.36. The Morgan fingerprint density at radius 2 is 1.80 bits per heavy atom. The van der Waals surface area contributed by atoms with Crippen molar-refractivity contribution in [3.8, 4) is 11.3 Å². The first-order valence-corrected chi connectivity index (χ1v) is 8.11. The fraction of sp³-hybridized carbons (Fsp3) is 0.0556. The Morgan fingerprint density at radius 3 is 2.48 bits per heavy atom. The predicted octanol–water partition coefficient (Wildman–Crippen LogP) is 3.93. The molecule has 0 aliphatic rings. The molecule has 0 saturated heterocycles. The molecule has 1 aromatic heterocycles. The van der Waals surface area contributed by atoms with Crippen LogP contribution in [0.2, 0.25) is 10.0 Å². The molecule has 0 aliphatic carbocycles. The lowest BCUT2D eigenvalue weighted by molar-refractivity contribution is 0.100. The second-order valence-electron chi connectivity index (χ2n) is 5.54. The van der Waals surface area contributed by atoms with Crippen molar-refractivity contribution in [1.29, 1.82) is 0 Å². The third-order valence-corrected chi connectivity index (χ3v) is 4.31. The normalized spacial score (nSPS) is 10.7. The second kappa shape index (κ2) is 6.70. The Morgan fingerprint density at radius 1 is 1.04 bits per heavy atom. The highest BCUT2D eigenvalue weighted by Crippen LogP contribution is 2.35. The number of nitrogens with zero attached hydrogens (tertiary/aromatic N) is 2. The summed E-state index contributed by atoms with van der Waals surface area (Å²) in [5.41, 5.74) is 13.3. The standard InChI is InChI=1S/C18H14Cl2N4O/c1-9-2-4-12(14(19)6-9)16-13-7-10(17(25)24-18(21)22)3-5-11(13)15(20)8-23-16/h2-8H,1H3,(H4,21,22,24,25). The van der Waals surface area contributed by atoms with Gasteiger partial charge in [0.15, 0.2) is 5.96 Å². The largest absolute Gasteiger partial charge is 0.370 e. The maximum Gasteiger partial charge on any atom is 0.280 e. The first-order chi connectivity index (χ1) is 11.9. The Labute approximate surface area is 154 Å². The van der Waals surface area contributed by atoms with Gasteiger partial charge in [-0.1, -0.05) is 41.4 Å². The summed E-state index contributed by atoms with van der Waals surface area (Å²) in [6.45, 7) is 1.95. The van der Waals surface area contributed by atoms with E-state index in [9.17, 15) is 4.79 Å². The molecule has 0 fully saturated rings. The third-order valence-electron chi connectivity index (χ3n) is 3.70. The number of nitrogens with two attached hydrogens (primary N) is 2. The Bertz CT molecular complexity index is 1030. The van der Waals surface area contributed by atoms with Crippen molar-refractivity contribution in [2.24, 2.45) is 16.5 Å². The minimum atomic E-state index is -0.539. The number of aryl methyl sites for hydroxylation is 1. The van der Waals surface area contributed by atoms with E-state index in [0.717, 1.165) is 16.5 Å². The minimum Gasteiger partial charge on any atom is -0.370 e. The number of hydrogen-bond acceptors (Lipinski definition) is 2. The van der Waals surface area contributed by atoms with Crippen molar-refractivity contribution >= 4 is 45.8 Å². The van der Waals surface area contributed by atoms with Gasteiger partial charge in [0.05, 0.1) is 15.7 Å². The smallest absolute Gasteiger partial charge is 0.280 e. The number of halogens is 2. The number of benzene rings is 2. The number of carbonyl (C=O) groups is 1. The van der Waals surface area contributed by atoms with Crippen LogP contribution in [-0.2, 0) is 0 Å². The van der Waals surface area contributed by atoms with Gasteiger partial charge in [-0.05, 0) is 30.7 Å². The second-order valence-corrected chi connectivity index (χ2v) is 6.35. The number of amides is 1. The van der Waals surface area contributed by atoms with Crippen LogP contribution in [0.25, 0.3) is 22.0 Å². The fourth-order valence-electron chi connectivity index (χ4n) is 2.55. The highest BCUT2D eigenvalue weighted by atomic mass is 35.5. The maximum absolute atomic E-state index is 12.1. The van der Waals surface area contributed by atoms with Gasteiger partial charge in [0.25, 0.3) is 5.91 Å². The number of aliphatic imine (C=N–C) groups is 1. The number of guanidine groups is 1. The number of fused-ring (bicyclic) bond motifs is 1. The average Bonchev–Trinajstić information content (AvgIpc) is 2.55. The van der Waals surface area contributed by atoms with Crippen LogP contribution in [0, 0.1) is 6.92 Å². The summed E-state index contributed by atoms with van der Waals surface area (Å²) in [6.07, 6.45) is 1.56. The average molecular weight is 373 g/mol. The van der Waals surface area contributed by atoms with Gasteiger partial charge in [-0.2, -0.15) is 4.99 Å². The van der Waals surface area contributed by atoms with E-state index >= 15 is 0 Å². The van der Waals surface area contributed by atoms with E-state index in [1.165, 1.54) is 0 Å². The van der Waals surface area contributed by atoms with Crippen LogP contribution in [0.3, 0.4) is 0 Å². The highest BCUT2D eigenvalue weighted by Gasteiger charge is 2.14. The molecular formula is C18H14Cl2N4O. The number of carbonyl (C=O) groups excluding carboxylic acids is 1. The molecule has 0 spiro atoms. The topological polar surface area (TPSA) is 94.4 Å². The third kappa shape index (κ3) is 3.43. The molecule has 3 rings (SSSR count). The zero-order chi connectivity index (χ0) is 18.1. The van der Waals surface area contributed by atoms with E-state index in [1.807, 2.05) is 25.1 Å². The van der Waals surface area contributed by atoms with Crippen molar-refractivity contribution in [1.82, 2.24) is 4.98 Å². The molecule has 2 aromatic carbocycles. The molecule has 0 aliphatic heterocycles. The summed E-state index contributed by atoms with van der Waals surface area (Å²) in [4.78, 5) is 20.1. The number of pyridine rings is 1. The molecule has 0 bridgehead atoms. The Kier molecular flexibility index (Phi) is 4.61. The molecule has 126 valence electrons. The van der Waals surface area contributed by atoms with Gasteiger partial charge in [-0.15, -0.1) is 0 Å². The summed E-state index contributed by atoms with van der Waals surface area (Å²) in [7, 11) is 0. The lowest BCUT2D eigenvalue weighted by Crippen LogP contribution is -2.24. The van der Waals surface area contributed by atoms with Crippen molar-refractivity contribution in [2.45, 2.75) is 6.92 Å². The number of rotatable bonds is 2. The van der Waals surface area contributed by atoms with E-state index in [4.69, 9.17) is 34.7 Å². The van der Waals surface area contributed by atoms with Gasteiger partial charge in [-0.3, -0.25) is 9.78 Å². The molecule has 5 nitrogen and oxygen atoms in total. The van der Waals surface area contributed by atoms with Crippen LogP contribution < -0.4 is 11.5 Å². The zero-order valence-electron chi connectivity index (χ0n) is 13.3. The van der Waals surface area contributed by atoms with Crippen molar-refractivity contribution in [2.75, 3.05) is 0 Å². The summed E-state index contributed by atoms with van der Waals surface area (Å²) < 4.78 is 0. The summed E-state index contributed by atoms with van der Waals surface area (Å²) in [5, 5.41) is 2.49. The zero-order valence-corrected chi connectivity index (χ0v) is 14.8. The Hall–Kier alpha value is -2.63. The van der Waals surface area contributed by atoms with Gasteiger partial charge >= 0.3 is 0 Å². The molecule has 4 N–H and O–H groups in total. The van der Waals surface area contributed by atoms with Crippen molar-refractivity contribution in [3.63, 3.8) is 0 Å². The van der Waals surface area contributed by atoms with Gasteiger partial charge in [-0.25, -0.2) is 0 Å². The van der Waals surface area contributed by atoms with E-state index in [-0.39, 0.29) is 5.96 Å². The molecule has 0 saturated carbocycles. The van der Waals surface area contributed by atoms with E-state index in [1.54, 1.807) is 24.4 Å². The van der Waals surface area contributed by atoms with Crippen LogP contribution in [0.4, 0.5) is 0 Å². The molecule has 0 atom stereocenters. The van der Waals surface area contributed by atoms with Gasteiger partial charge in [0, 0.05) is 28.1 Å². The molecule has 0 radical (unpaired) electrons. The molecule has 0 unspecified atom stereocenters. The Balaban J connectivity index is 2.27. The fourth-order valence-corrected chi connectivity index (χ4v) is 3.09. The van der Waals surface area contributed by atoms with Crippen LogP contribution in [0.5, 0.6) is 0 Å². The lowest BCUT2D eigenvalue weighted by Gasteiger charge is -2.10. The SMILES string of the molecule is Cc1ccc(-c2ncc(Cl)c3ccc(C(=O)N=C(N)N)cc23)c(Cl)c1.